The van der Waals surface area contributed by atoms with Crippen LogP contribution in [-0.4, -0.2) is 48.7 Å². The third-order valence-electron chi connectivity index (χ3n) is 3.69. The molecule has 5 heteroatoms. The summed E-state index contributed by atoms with van der Waals surface area (Å²) in [5.74, 6) is 1.58. The van der Waals surface area contributed by atoms with E-state index >= 15 is 0 Å². The molecule has 1 aliphatic rings. The van der Waals surface area contributed by atoms with E-state index < -0.39 is 0 Å². The zero-order valence-electron chi connectivity index (χ0n) is 12.4. The molecule has 0 aromatic carbocycles. The number of nitrogens with one attached hydrogen (secondary N) is 1. The van der Waals surface area contributed by atoms with Crippen molar-refractivity contribution in [3.8, 4) is 5.88 Å². The number of methoxy groups -OCH3 is 1. The maximum absolute atomic E-state index is 5.48. The van der Waals surface area contributed by atoms with Crippen LogP contribution in [0, 0.1) is 6.92 Å². The van der Waals surface area contributed by atoms with Crippen LogP contribution < -0.4 is 10.1 Å². The third-order valence-corrected chi connectivity index (χ3v) is 3.69. The predicted octanol–water partition coefficient (Wildman–Crippen LogP) is 1.32. The molecule has 2 heterocycles. The van der Waals surface area contributed by atoms with Crippen LogP contribution in [0.4, 0.5) is 0 Å². The van der Waals surface area contributed by atoms with Gasteiger partial charge in [-0.25, -0.2) is 4.98 Å². The summed E-state index contributed by atoms with van der Waals surface area (Å²) in [7, 11) is 3.85. The van der Waals surface area contributed by atoms with Gasteiger partial charge in [-0.2, -0.15) is 4.98 Å². The van der Waals surface area contributed by atoms with Gasteiger partial charge >= 0.3 is 0 Å². The minimum absolute atomic E-state index is 0.283. The third kappa shape index (κ3) is 3.22. The first-order valence-corrected chi connectivity index (χ1v) is 6.99. The van der Waals surface area contributed by atoms with Gasteiger partial charge < -0.3 is 15.0 Å². The Balaban J connectivity index is 2.32. The van der Waals surface area contributed by atoms with E-state index in [1.54, 1.807) is 7.11 Å². The van der Waals surface area contributed by atoms with Crippen molar-refractivity contribution < 1.29 is 4.74 Å². The van der Waals surface area contributed by atoms with E-state index in [9.17, 15) is 0 Å². The second-order valence-corrected chi connectivity index (χ2v) is 5.10. The molecular formula is C14H24N4O. The largest absolute Gasteiger partial charge is 0.481 e. The molecule has 0 saturated carbocycles. The molecule has 0 bridgehead atoms. The molecule has 106 valence electrons. The Morgan fingerprint density at radius 3 is 2.84 bits per heavy atom. The zero-order valence-corrected chi connectivity index (χ0v) is 12.4. The van der Waals surface area contributed by atoms with Gasteiger partial charge in [0.1, 0.15) is 5.82 Å². The molecule has 1 atom stereocenters. The van der Waals surface area contributed by atoms with Crippen LogP contribution in [0.2, 0.25) is 0 Å². The molecule has 5 nitrogen and oxygen atoms in total. The summed E-state index contributed by atoms with van der Waals surface area (Å²) in [5.41, 5.74) is 2.15. The van der Waals surface area contributed by atoms with Crippen LogP contribution in [0.15, 0.2) is 0 Å². The van der Waals surface area contributed by atoms with Gasteiger partial charge in [0.15, 0.2) is 0 Å². The Labute approximate surface area is 115 Å². The van der Waals surface area contributed by atoms with Crippen molar-refractivity contribution in [1.82, 2.24) is 20.2 Å². The van der Waals surface area contributed by atoms with Gasteiger partial charge in [0, 0.05) is 31.2 Å². The molecule has 1 saturated heterocycles. The quantitative estimate of drug-likeness (QED) is 0.892. The molecule has 1 fully saturated rings. The first-order valence-electron chi connectivity index (χ1n) is 6.99. The number of ether oxygens (including phenoxy) is 1. The standard InChI is InChI=1S/C14H24N4O/c1-5-12-16-10(2)13(14(17-12)19-4)11-6-8-18(3)9-7-15-11/h11,15H,5-9H2,1-4H3. The SMILES string of the molecule is CCc1nc(C)c(C2CCN(C)CCN2)c(OC)n1. The van der Waals surface area contributed by atoms with E-state index in [1.165, 1.54) is 0 Å². The van der Waals surface area contributed by atoms with Gasteiger partial charge in [-0.05, 0) is 26.9 Å². The Hall–Kier alpha value is -1.20. The Bertz CT molecular complexity index is 436. The van der Waals surface area contributed by atoms with E-state index in [2.05, 4.69) is 41.1 Å². The fraction of sp³-hybridized carbons (Fsp3) is 0.714. The Morgan fingerprint density at radius 2 is 2.16 bits per heavy atom. The predicted molar refractivity (Wildman–Crippen MR) is 75.6 cm³/mol. The Morgan fingerprint density at radius 1 is 1.37 bits per heavy atom. The zero-order chi connectivity index (χ0) is 13.8. The number of aromatic nitrogens is 2. The van der Waals surface area contributed by atoms with Crippen LogP contribution >= 0.6 is 0 Å². The average Bonchev–Trinajstić information content (AvgIpc) is 2.62. The molecule has 1 aliphatic heterocycles. The number of hydrogen-bond donors (Lipinski definition) is 1. The van der Waals surface area contributed by atoms with Crippen LogP contribution in [0.25, 0.3) is 0 Å². The molecular weight excluding hydrogens is 240 g/mol. The lowest BCUT2D eigenvalue weighted by atomic mass is 10.0. The van der Waals surface area contributed by atoms with Gasteiger partial charge in [0.05, 0.1) is 12.7 Å². The summed E-state index contributed by atoms with van der Waals surface area (Å²) in [6.07, 6.45) is 1.89. The van der Waals surface area contributed by atoms with Crippen molar-refractivity contribution in [2.24, 2.45) is 0 Å². The van der Waals surface area contributed by atoms with Gasteiger partial charge in [-0.1, -0.05) is 6.92 Å². The van der Waals surface area contributed by atoms with Gasteiger partial charge in [0.25, 0.3) is 0 Å². The molecule has 1 aromatic rings. The summed E-state index contributed by atoms with van der Waals surface area (Å²) in [4.78, 5) is 11.4. The molecule has 0 aliphatic carbocycles. The van der Waals surface area contributed by atoms with E-state index in [1.807, 2.05) is 0 Å². The fourth-order valence-corrected chi connectivity index (χ4v) is 2.57. The maximum Gasteiger partial charge on any atom is 0.221 e. The normalized spacial score (nSPS) is 21.2. The van der Waals surface area contributed by atoms with Crippen LogP contribution in [0.1, 0.15) is 36.5 Å². The van der Waals surface area contributed by atoms with E-state index in [4.69, 9.17) is 4.74 Å². The first-order chi connectivity index (χ1) is 9.15. The molecule has 0 amide bonds. The molecule has 1 N–H and O–H groups in total. The van der Waals surface area contributed by atoms with Crippen molar-refractivity contribution in [2.45, 2.75) is 32.7 Å². The highest BCUT2D eigenvalue weighted by atomic mass is 16.5. The summed E-state index contributed by atoms with van der Waals surface area (Å²) >= 11 is 0. The van der Waals surface area contributed by atoms with E-state index in [-0.39, 0.29) is 6.04 Å². The highest BCUT2D eigenvalue weighted by Crippen LogP contribution is 2.29. The minimum atomic E-state index is 0.283. The number of rotatable bonds is 3. The van der Waals surface area contributed by atoms with E-state index in [0.29, 0.717) is 0 Å². The molecule has 0 spiro atoms. The van der Waals surface area contributed by atoms with Gasteiger partial charge in [-0.15, -0.1) is 0 Å². The summed E-state index contributed by atoms with van der Waals surface area (Å²) in [5, 5.41) is 3.58. The van der Waals surface area contributed by atoms with Crippen LogP contribution in [0.5, 0.6) is 5.88 Å². The second kappa shape index (κ2) is 6.30. The molecule has 1 aromatic heterocycles. The number of aryl methyl sites for hydroxylation is 2. The van der Waals surface area contributed by atoms with Crippen molar-refractivity contribution >= 4 is 0 Å². The molecule has 0 radical (unpaired) electrons. The minimum Gasteiger partial charge on any atom is -0.481 e. The number of hydrogen-bond acceptors (Lipinski definition) is 5. The lowest BCUT2D eigenvalue weighted by Gasteiger charge is -2.20. The monoisotopic (exact) mass is 264 g/mol. The highest BCUT2D eigenvalue weighted by molar-refractivity contribution is 5.34. The molecule has 2 rings (SSSR count). The van der Waals surface area contributed by atoms with Crippen LogP contribution in [-0.2, 0) is 6.42 Å². The Kier molecular flexibility index (Phi) is 4.71. The van der Waals surface area contributed by atoms with Crippen molar-refractivity contribution in [2.75, 3.05) is 33.8 Å². The number of likely N-dealkylation sites (N-methyl/N-ethyl adjacent to an activating group) is 1. The fourth-order valence-electron chi connectivity index (χ4n) is 2.57. The highest BCUT2D eigenvalue weighted by Gasteiger charge is 2.23. The van der Waals surface area contributed by atoms with Crippen molar-refractivity contribution in [3.63, 3.8) is 0 Å². The average molecular weight is 264 g/mol. The number of nitrogens with zero attached hydrogens (tertiary/aromatic N) is 3. The lowest BCUT2D eigenvalue weighted by molar-refractivity contribution is 0.351. The first kappa shape index (κ1) is 14.2. The maximum atomic E-state index is 5.48. The van der Waals surface area contributed by atoms with Gasteiger partial charge in [0.2, 0.25) is 5.88 Å². The van der Waals surface area contributed by atoms with Crippen LogP contribution in [0.3, 0.4) is 0 Å². The van der Waals surface area contributed by atoms with E-state index in [0.717, 1.165) is 55.4 Å². The molecule has 19 heavy (non-hydrogen) atoms. The molecule has 1 unspecified atom stereocenters. The van der Waals surface area contributed by atoms with Crippen molar-refractivity contribution in [1.29, 1.82) is 0 Å². The smallest absolute Gasteiger partial charge is 0.221 e. The summed E-state index contributed by atoms with van der Waals surface area (Å²) in [6.45, 7) is 7.25. The summed E-state index contributed by atoms with van der Waals surface area (Å²) in [6, 6.07) is 0.283. The second-order valence-electron chi connectivity index (χ2n) is 5.10. The lowest BCUT2D eigenvalue weighted by Crippen LogP contribution is -2.26. The summed E-state index contributed by atoms with van der Waals surface area (Å²) < 4.78 is 5.48. The van der Waals surface area contributed by atoms with Crippen molar-refractivity contribution in [3.05, 3.63) is 17.1 Å². The van der Waals surface area contributed by atoms with Gasteiger partial charge in [-0.3, -0.25) is 0 Å². The topological polar surface area (TPSA) is 50.3 Å².